The van der Waals surface area contributed by atoms with Gasteiger partial charge < -0.3 is 14.0 Å². The Balaban J connectivity index is 1.77. The van der Waals surface area contributed by atoms with E-state index in [1.54, 1.807) is 0 Å². The fourth-order valence-corrected chi connectivity index (χ4v) is 2.34. The molecular formula is C15H17NO2. The van der Waals surface area contributed by atoms with E-state index in [2.05, 4.69) is 30.5 Å². The second-order valence-electron chi connectivity index (χ2n) is 4.72. The summed E-state index contributed by atoms with van der Waals surface area (Å²) in [4.78, 5) is 0. The molecule has 2 aromatic rings. The summed E-state index contributed by atoms with van der Waals surface area (Å²) in [5, 5.41) is 0. The van der Waals surface area contributed by atoms with E-state index in [-0.39, 0.29) is 6.10 Å². The van der Waals surface area contributed by atoms with Crippen molar-refractivity contribution in [3.8, 4) is 11.5 Å². The van der Waals surface area contributed by atoms with E-state index in [9.17, 15) is 0 Å². The van der Waals surface area contributed by atoms with Gasteiger partial charge in [0.05, 0.1) is 6.54 Å². The van der Waals surface area contributed by atoms with Crippen molar-refractivity contribution in [3.63, 3.8) is 0 Å². The van der Waals surface area contributed by atoms with E-state index in [1.807, 2.05) is 24.3 Å². The number of nitrogens with zero attached hydrogens (tertiary/aromatic N) is 1. The molecule has 2 heterocycles. The molecule has 0 radical (unpaired) electrons. The first kappa shape index (κ1) is 11.2. The number of aromatic nitrogens is 1. The van der Waals surface area contributed by atoms with Gasteiger partial charge in [-0.15, -0.1) is 0 Å². The Labute approximate surface area is 107 Å². The molecule has 0 fully saturated rings. The Bertz CT molecular complexity index is 540. The summed E-state index contributed by atoms with van der Waals surface area (Å²) in [6.07, 6.45) is 0.0738. The average Bonchev–Trinajstić information content (AvgIpc) is 2.70. The molecule has 1 atom stereocenters. The fourth-order valence-electron chi connectivity index (χ4n) is 2.34. The molecule has 0 aliphatic carbocycles. The highest BCUT2D eigenvalue weighted by molar-refractivity contribution is 5.40. The second-order valence-corrected chi connectivity index (χ2v) is 4.72. The van der Waals surface area contributed by atoms with E-state index in [4.69, 9.17) is 9.47 Å². The fraction of sp³-hybridized carbons (Fsp3) is 0.333. The molecule has 94 valence electrons. The van der Waals surface area contributed by atoms with Gasteiger partial charge in [0.1, 0.15) is 6.61 Å². The molecule has 1 aromatic heterocycles. The predicted molar refractivity (Wildman–Crippen MR) is 70.3 cm³/mol. The van der Waals surface area contributed by atoms with Crippen molar-refractivity contribution in [1.82, 2.24) is 4.57 Å². The maximum absolute atomic E-state index is 5.97. The van der Waals surface area contributed by atoms with Crippen molar-refractivity contribution < 1.29 is 9.47 Å². The Hall–Kier alpha value is -1.90. The van der Waals surface area contributed by atoms with Crippen molar-refractivity contribution in [3.05, 3.63) is 47.8 Å². The van der Waals surface area contributed by atoms with Crippen molar-refractivity contribution in [2.24, 2.45) is 0 Å². The highest BCUT2D eigenvalue weighted by atomic mass is 16.6. The van der Waals surface area contributed by atoms with Gasteiger partial charge >= 0.3 is 0 Å². The SMILES string of the molecule is Cc1ccc(C)n1C[C@@H]1COc2ccccc2O1. The standard InChI is InChI=1S/C15H17NO2/c1-11-7-8-12(2)16(11)9-13-10-17-14-5-3-4-6-15(14)18-13/h3-8,13H,9-10H2,1-2H3/t13-/m1/s1. The maximum Gasteiger partial charge on any atom is 0.161 e. The lowest BCUT2D eigenvalue weighted by molar-refractivity contribution is 0.0778. The zero-order chi connectivity index (χ0) is 12.5. The molecule has 1 aliphatic rings. The lowest BCUT2D eigenvalue weighted by Gasteiger charge is -2.27. The van der Waals surface area contributed by atoms with Crippen LogP contribution in [0, 0.1) is 13.8 Å². The van der Waals surface area contributed by atoms with Crippen LogP contribution in [0.3, 0.4) is 0 Å². The van der Waals surface area contributed by atoms with Crippen LogP contribution in [0.4, 0.5) is 0 Å². The largest absolute Gasteiger partial charge is 0.486 e. The van der Waals surface area contributed by atoms with Crippen LogP contribution >= 0.6 is 0 Å². The summed E-state index contributed by atoms with van der Waals surface area (Å²) < 4.78 is 14.0. The number of hydrogen-bond acceptors (Lipinski definition) is 2. The summed E-state index contributed by atoms with van der Waals surface area (Å²) in [5.41, 5.74) is 2.52. The van der Waals surface area contributed by atoms with E-state index < -0.39 is 0 Å². The summed E-state index contributed by atoms with van der Waals surface area (Å²) in [5.74, 6) is 1.69. The molecule has 0 saturated carbocycles. The minimum atomic E-state index is 0.0738. The van der Waals surface area contributed by atoms with Gasteiger partial charge in [-0.25, -0.2) is 0 Å². The Kier molecular flexibility index (Phi) is 2.74. The molecule has 0 N–H and O–H groups in total. The van der Waals surface area contributed by atoms with Crippen LogP contribution < -0.4 is 9.47 Å². The van der Waals surface area contributed by atoms with Crippen LogP contribution in [0.1, 0.15) is 11.4 Å². The van der Waals surface area contributed by atoms with Gasteiger partial charge in [0.15, 0.2) is 17.6 Å². The van der Waals surface area contributed by atoms with Crippen molar-refractivity contribution in [1.29, 1.82) is 0 Å². The molecule has 3 heteroatoms. The highest BCUT2D eigenvalue weighted by Gasteiger charge is 2.21. The lowest BCUT2D eigenvalue weighted by Crippen LogP contribution is -2.33. The Morgan fingerprint density at radius 2 is 1.72 bits per heavy atom. The number of hydrogen-bond donors (Lipinski definition) is 0. The number of rotatable bonds is 2. The Morgan fingerprint density at radius 3 is 2.44 bits per heavy atom. The third-order valence-corrected chi connectivity index (χ3v) is 3.37. The van der Waals surface area contributed by atoms with Gasteiger partial charge in [-0.2, -0.15) is 0 Å². The van der Waals surface area contributed by atoms with E-state index in [0.717, 1.165) is 18.0 Å². The number of benzene rings is 1. The molecule has 1 aliphatic heterocycles. The molecular weight excluding hydrogens is 226 g/mol. The van der Waals surface area contributed by atoms with Crippen LogP contribution in [0.15, 0.2) is 36.4 Å². The molecule has 0 spiro atoms. The van der Waals surface area contributed by atoms with Crippen molar-refractivity contribution in [2.45, 2.75) is 26.5 Å². The van der Waals surface area contributed by atoms with Gasteiger partial charge in [0.2, 0.25) is 0 Å². The monoisotopic (exact) mass is 243 g/mol. The summed E-state index contributed by atoms with van der Waals surface area (Å²) in [6, 6.07) is 12.1. The third-order valence-electron chi connectivity index (χ3n) is 3.37. The van der Waals surface area contributed by atoms with E-state index in [0.29, 0.717) is 6.61 Å². The summed E-state index contributed by atoms with van der Waals surface area (Å²) >= 11 is 0. The molecule has 0 saturated heterocycles. The van der Waals surface area contributed by atoms with Gasteiger partial charge in [0, 0.05) is 11.4 Å². The zero-order valence-corrected chi connectivity index (χ0v) is 10.7. The van der Waals surface area contributed by atoms with Crippen LogP contribution in [0.5, 0.6) is 11.5 Å². The first-order valence-electron chi connectivity index (χ1n) is 6.25. The number of fused-ring (bicyclic) bond motifs is 1. The predicted octanol–water partition coefficient (Wildman–Crippen LogP) is 2.94. The average molecular weight is 243 g/mol. The lowest BCUT2D eigenvalue weighted by atomic mass is 10.2. The quantitative estimate of drug-likeness (QED) is 0.809. The zero-order valence-electron chi connectivity index (χ0n) is 10.7. The molecule has 3 nitrogen and oxygen atoms in total. The van der Waals surface area contributed by atoms with Crippen LogP contribution in [-0.4, -0.2) is 17.3 Å². The normalized spacial score (nSPS) is 17.8. The van der Waals surface area contributed by atoms with Gasteiger partial charge in [-0.1, -0.05) is 12.1 Å². The minimum absolute atomic E-state index is 0.0738. The van der Waals surface area contributed by atoms with Crippen LogP contribution in [0.2, 0.25) is 0 Å². The van der Waals surface area contributed by atoms with Crippen LogP contribution in [-0.2, 0) is 6.54 Å². The number of aryl methyl sites for hydroxylation is 2. The molecule has 18 heavy (non-hydrogen) atoms. The van der Waals surface area contributed by atoms with E-state index in [1.165, 1.54) is 11.4 Å². The number of ether oxygens (including phenoxy) is 2. The molecule has 3 rings (SSSR count). The van der Waals surface area contributed by atoms with Gasteiger partial charge in [0.25, 0.3) is 0 Å². The maximum atomic E-state index is 5.97. The topological polar surface area (TPSA) is 23.4 Å². The summed E-state index contributed by atoms with van der Waals surface area (Å²) in [7, 11) is 0. The minimum Gasteiger partial charge on any atom is -0.486 e. The third kappa shape index (κ3) is 1.96. The second kappa shape index (κ2) is 4.41. The first-order valence-corrected chi connectivity index (χ1v) is 6.25. The molecule has 0 bridgehead atoms. The smallest absolute Gasteiger partial charge is 0.161 e. The van der Waals surface area contributed by atoms with Gasteiger partial charge in [-0.05, 0) is 38.1 Å². The molecule has 0 unspecified atom stereocenters. The van der Waals surface area contributed by atoms with Crippen LogP contribution in [0.25, 0.3) is 0 Å². The van der Waals surface area contributed by atoms with Gasteiger partial charge in [-0.3, -0.25) is 0 Å². The van der Waals surface area contributed by atoms with Crippen molar-refractivity contribution in [2.75, 3.05) is 6.61 Å². The van der Waals surface area contributed by atoms with E-state index >= 15 is 0 Å². The molecule has 1 aromatic carbocycles. The molecule has 0 amide bonds. The first-order chi connectivity index (χ1) is 8.74. The number of para-hydroxylation sites is 2. The van der Waals surface area contributed by atoms with Crippen molar-refractivity contribution >= 4 is 0 Å². The highest BCUT2D eigenvalue weighted by Crippen LogP contribution is 2.31. The Morgan fingerprint density at radius 1 is 1.06 bits per heavy atom. The summed E-state index contributed by atoms with van der Waals surface area (Å²) in [6.45, 7) is 5.67.